The van der Waals surface area contributed by atoms with Crippen LogP contribution in [0.5, 0.6) is 0 Å². The number of nitrogens with one attached hydrogen (secondary N) is 3. The van der Waals surface area contributed by atoms with Gasteiger partial charge in [0.15, 0.2) is 4.90 Å². The van der Waals surface area contributed by atoms with E-state index in [4.69, 9.17) is 15.2 Å². The molecule has 0 aliphatic carbocycles. The molecule has 0 aliphatic rings. The fourth-order valence-electron chi connectivity index (χ4n) is 5.07. The Morgan fingerprint density at radius 3 is 2.00 bits per heavy atom. The molecule has 0 fully saturated rings. The number of amides is 3. The van der Waals surface area contributed by atoms with Crippen molar-refractivity contribution in [3.63, 3.8) is 0 Å². The number of carbonyl (C=O) groups is 5. The molecular formula is C35H58N6O12S. The number of nitro benzene ring substituents is 1. The molecule has 1 rings (SSSR count). The number of nitro groups is 1. The number of ether oxygens (including phenoxy) is 2. The maximum absolute atomic E-state index is 13.4. The highest BCUT2D eigenvalue weighted by atomic mass is 32.2. The molecule has 0 unspecified atom stereocenters. The van der Waals surface area contributed by atoms with Gasteiger partial charge in [-0.3, -0.25) is 19.7 Å². The molecule has 0 spiro atoms. The van der Waals surface area contributed by atoms with Crippen molar-refractivity contribution in [3.8, 4) is 0 Å². The van der Waals surface area contributed by atoms with Gasteiger partial charge in [-0.2, -0.15) is 4.31 Å². The van der Waals surface area contributed by atoms with Gasteiger partial charge in [0, 0.05) is 25.6 Å². The quantitative estimate of drug-likeness (QED) is 0.0490. The van der Waals surface area contributed by atoms with Crippen molar-refractivity contribution in [1.29, 1.82) is 0 Å². The molecule has 306 valence electrons. The first-order valence-electron chi connectivity index (χ1n) is 17.9. The second kappa shape index (κ2) is 21.5. The Bertz CT molecular complexity index is 1560. The van der Waals surface area contributed by atoms with Crippen molar-refractivity contribution < 1.29 is 51.9 Å². The first kappa shape index (κ1) is 47.7. The lowest BCUT2D eigenvalue weighted by molar-refractivity contribution is -0.387. The fourth-order valence-corrected chi connectivity index (χ4v) is 6.74. The molecule has 1 aromatic rings. The van der Waals surface area contributed by atoms with Crippen molar-refractivity contribution in [2.45, 2.75) is 135 Å². The standard InChI is InChI=1S/C35H58N6O12S/c1-23(2)22-26(37-29(42)18-17-25(32(46)52-34(3,4)5)39-33(47)53-35(6,7)8)30(43)38-24(31(44)45)14-11-12-20-40(21-13-19-36)54(50,51)28-16-10-9-15-27(28)41(48)49/h9-10,15-16,23-26H,11-14,17-22,36H2,1-8H3,(H,37,42)(H,38,43)(H,39,47)(H,44,45)/t24-,25-,26-/m0/s1. The zero-order valence-corrected chi connectivity index (χ0v) is 33.3. The van der Waals surface area contributed by atoms with Crippen molar-refractivity contribution in [3.05, 3.63) is 34.4 Å². The number of carboxylic acid groups (broad SMARTS) is 1. The van der Waals surface area contributed by atoms with Crippen LogP contribution in [0.1, 0.15) is 100 Å². The third-order valence-corrected chi connectivity index (χ3v) is 9.40. The summed E-state index contributed by atoms with van der Waals surface area (Å²) in [5.74, 6) is -3.64. The van der Waals surface area contributed by atoms with Crippen LogP contribution in [0.2, 0.25) is 0 Å². The maximum Gasteiger partial charge on any atom is 0.408 e. The Hall–Kier alpha value is -4.36. The molecule has 0 heterocycles. The Kier molecular flexibility index (Phi) is 19.0. The SMILES string of the molecule is CC(C)C[C@H](NC(=O)CC[C@H](NC(=O)OC(C)(C)C)C(=O)OC(C)(C)C)C(=O)N[C@@H](CCCCN(CCCN)S(=O)(=O)c1ccccc1[N+](=O)[O-])C(=O)O. The van der Waals surface area contributed by atoms with Crippen LogP contribution in [0.25, 0.3) is 0 Å². The van der Waals surface area contributed by atoms with Gasteiger partial charge in [-0.05, 0) is 98.6 Å². The monoisotopic (exact) mass is 786 g/mol. The van der Waals surface area contributed by atoms with Gasteiger partial charge in [0.1, 0.15) is 29.3 Å². The zero-order valence-electron chi connectivity index (χ0n) is 32.5. The summed E-state index contributed by atoms with van der Waals surface area (Å²) in [4.78, 5) is 74.2. The number of carbonyl (C=O) groups excluding carboxylic acids is 4. The average molecular weight is 787 g/mol. The van der Waals surface area contributed by atoms with Crippen LogP contribution in [-0.4, -0.2) is 102 Å². The number of aliphatic carboxylic acids is 1. The number of alkyl carbamates (subject to hydrolysis) is 1. The van der Waals surface area contributed by atoms with Crippen molar-refractivity contribution >= 4 is 45.6 Å². The number of nitrogens with two attached hydrogens (primary N) is 1. The van der Waals surface area contributed by atoms with Crippen LogP contribution in [0.15, 0.2) is 29.2 Å². The van der Waals surface area contributed by atoms with E-state index in [0.29, 0.717) is 0 Å². The molecule has 18 nitrogen and oxygen atoms in total. The number of hydrogen-bond donors (Lipinski definition) is 5. The maximum atomic E-state index is 13.4. The number of carboxylic acids is 1. The molecule has 0 aromatic heterocycles. The summed E-state index contributed by atoms with van der Waals surface area (Å²) >= 11 is 0. The molecule has 0 bridgehead atoms. The highest BCUT2D eigenvalue weighted by molar-refractivity contribution is 7.89. The predicted molar refractivity (Wildman–Crippen MR) is 199 cm³/mol. The molecule has 0 saturated heterocycles. The van der Waals surface area contributed by atoms with E-state index >= 15 is 0 Å². The number of sulfonamides is 1. The van der Waals surface area contributed by atoms with Crippen LogP contribution < -0.4 is 21.7 Å². The van der Waals surface area contributed by atoms with Gasteiger partial charge in [-0.1, -0.05) is 26.0 Å². The number of esters is 1. The predicted octanol–water partition coefficient (Wildman–Crippen LogP) is 3.22. The highest BCUT2D eigenvalue weighted by Gasteiger charge is 2.33. The summed E-state index contributed by atoms with van der Waals surface area (Å²) < 4.78 is 38.5. The number of nitrogens with zero attached hydrogens (tertiary/aromatic N) is 2. The normalized spacial score (nSPS) is 13.8. The second-order valence-electron chi connectivity index (χ2n) is 15.2. The topological polar surface area (TPSA) is 267 Å². The van der Waals surface area contributed by atoms with Crippen LogP contribution in [0.3, 0.4) is 0 Å². The molecule has 3 amide bonds. The smallest absolute Gasteiger partial charge is 0.408 e. The Balaban J connectivity index is 3.00. The Morgan fingerprint density at radius 1 is 0.870 bits per heavy atom. The van der Waals surface area contributed by atoms with E-state index in [1.165, 1.54) is 12.1 Å². The van der Waals surface area contributed by atoms with Crippen molar-refractivity contribution in [2.24, 2.45) is 11.7 Å². The van der Waals surface area contributed by atoms with Gasteiger partial charge in [-0.25, -0.2) is 22.8 Å². The van der Waals surface area contributed by atoms with E-state index in [1.807, 2.05) is 0 Å². The van der Waals surface area contributed by atoms with Crippen LogP contribution in [-0.2, 0) is 38.7 Å². The molecule has 6 N–H and O–H groups in total. The molecule has 54 heavy (non-hydrogen) atoms. The summed E-state index contributed by atoms with van der Waals surface area (Å²) in [7, 11) is -4.30. The number of benzene rings is 1. The lowest BCUT2D eigenvalue weighted by Crippen LogP contribution is -2.52. The van der Waals surface area contributed by atoms with Gasteiger partial charge in [0.25, 0.3) is 5.69 Å². The highest BCUT2D eigenvalue weighted by Crippen LogP contribution is 2.27. The lowest BCUT2D eigenvalue weighted by Gasteiger charge is -2.26. The third kappa shape index (κ3) is 17.6. The Morgan fingerprint density at radius 2 is 1.46 bits per heavy atom. The molecule has 19 heteroatoms. The van der Waals surface area contributed by atoms with Crippen LogP contribution in [0.4, 0.5) is 10.5 Å². The number of rotatable bonds is 22. The number of unbranched alkanes of at least 4 members (excludes halogenated alkanes) is 1. The van der Waals surface area contributed by atoms with Crippen LogP contribution >= 0.6 is 0 Å². The third-order valence-electron chi connectivity index (χ3n) is 7.46. The van der Waals surface area contributed by atoms with E-state index < -0.39 is 84.7 Å². The molecule has 3 atom stereocenters. The first-order chi connectivity index (χ1) is 24.9. The van der Waals surface area contributed by atoms with Gasteiger partial charge >= 0.3 is 18.0 Å². The summed E-state index contributed by atoms with van der Waals surface area (Å²) in [5.41, 5.74) is 3.27. The minimum Gasteiger partial charge on any atom is -0.480 e. The number of hydrogen-bond acceptors (Lipinski definition) is 12. The van der Waals surface area contributed by atoms with E-state index in [0.717, 1.165) is 16.4 Å². The van der Waals surface area contributed by atoms with Gasteiger partial charge < -0.3 is 36.3 Å². The molecule has 0 saturated carbocycles. The van der Waals surface area contributed by atoms with Crippen molar-refractivity contribution in [2.75, 3.05) is 19.6 Å². The van der Waals surface area contributed by atoms with Gasteiger partial charge in [-0.15, -0.1) is 0 Å². The Labute approximate surface area is 317 Å². The average Bonchev–Trinajstić information content (AvgIpc) is 3.03. The van der Waals surface area contributed by atoms with Gasteiger partial charge in [0.2, 0.25) is 21.8 Å². The minimum absolute atomic E-state index is 0.0177. The van der Waals surface area contributed by atoms with E-state index in [1.54, 1.807) is 55.4 Å². The molecular weight excluding hydrogens is 728 g/mol. The summed E-state index contributed by atoms with van der Waals surface area (Å²) in [6.45, 7) is 13.5. The fraction of sp³-hybridized carbons (Fsp3) is 0.686. The lowest BCUT2D eigenvalue weighted by atomic mass is 10.0. The summed E-state index contributed by atoms with van der Waals surface area (Å²) in [5, 5.41) is 28.9. The van der Waals surface area contributed by atoms with Gasteiger partial charge in [0.05, 0.1) is 4.92 Å². The van der Waals surface area contributed by atoms with E-state index in [2.05, 4.69) is 16.0 Å². The number of para-hydroxylation sites is 1. The summed E-state index contributed by atoms with van der Waals surface area (Å²) in [6, 6.07) is 1.19. The summed E-state index contributed by atoms with van der Waals surface area (Å²) in [6.07, 6.45) is -0.738. The van der Waals surface area contributed by atoms with E-state index in [9.17, 15) is 47.6 Å². The largest absolute Gasteiger partial charge is 0.480 e. The molecule has 0 radical (unpaired) electrons. The second-order valence-corrected chi connectivity index (χ2v) is 17.1. The van der Waals surface area contributed by atoms with Crippen molar-refractivity contribution in [1.82, 2.24) is 20.3 Å². The van der Waals surface area contributed by atoms with Crippen LogP contribution in [0, 0.1) is 16.0 Å². The first-order valence-corrected chi connectivity index (χ1v) is 19.3. The molecule has 1 aromatic carbocycles. The van der Waals surface area contributed by atoms with E-state index in [-0.39, 0.29) is 70.5 Å². The molecule has 0 aliphatic heterocycles. The zero-order chi connectivity index (χ0) is 41.4. The minimum atomic E-state index is -4.30.